The van der Waals surface area contributed by atoms with Crippen LogP contribution in [0.15, 0.2) is 122 Å². The van der Waals surface area contributed by atoms with E-state index >= 15 is 0 Å². The molecule has 0 aromatic heterocycles. The lowest BCUT2D eigenvalue weighted by Crippen LogP contribution is -2.30. The molecule has 0 fully saturated rings. The maximum atomic E-state index is 12.8. The zero-order valence-corrected chi connectivity index (χ0v) is 47.4. The molecule has 0 aliphatic rings. The lowest BCUT2D eigenvalue weighted by Gasteiger charge is -2.18. The van der Waals surface area contributed by atoms with Crippen molar-refractivity contribution < 1.29 is 28.6 Å². The highest BCUT2D eigenvalue weighted by Crippen LogP contribution is 2.15. The molecular formula is C67H110O6. The number of ether oxygens (including phenoxy) is 3. The standard InChI is InChI=1S/C67H110O6/c1-4-7-10-13-16-18-20-22-24-25-26-27-28-29-30-31-32-33-34-35-36-37-38-39-40-41-43-44-46-48-51-54-57-60-66(69)72-63-64(62-71-65(68)59-56-53-50-15-12-9-6-3)73-67(70)61-58-55-52-49-47-45-42-23-21-19-17-14-11-8-5-2/h7-8,10-11,16-19,22-24,26-27,29-30,32-33,35-36,42,64H,4-6,9,12-15,20-21,25,28,31,34,37-41,43-63H2,1-3H3/b10-7-,11-8-,18-16-,19-17-,24-22-,27-26-,30-29-,33-32-,36-35-,42-23-. The first-order valence-corrected chi connectivity index (χ1v) is 30.0. The smallest absolute Gasteiger partial charge is 0.306 e. The molecule has 73 heavy (non-hydrogen) atoms. The minimum atomic E-state index is -0.787. The number of allylic oxidation sites excluding steroid dienone is 20. The Bertz CT molecular complexity index is 1540. The van der Waals surface area contributed by atoms with E-state index in [1.54, 1.807) is 0 Å². The van der Waals surface area contributed by atoms with Crippen LogP contribution < -0.4 is 0 Å². The van der Waals surface area contributed by atoms with Crippen LogP contribution in [0.5, 0.6) is 0 Å². The van der Waals surface area contributed by atoms with E-state index in [1.165, 1.54) is 83.5 Å². The number of unbranched alkanes of at least 4 members (excludes halogenated alkanes) is 22. The van der Waals surface area contributed by atoms with Gasteiger partial charge in [0.2, 0.25) is 0 Å². The van der Waals surface area contributed by atoms with Gasteiger partial charge in [0.1, 0.15) is 13.2 Å². The van der Waals surface area contributed by atoms with Gasteiger partial charge in [0.25, 0.3) is 0 Å². The van der Waals surface area contributed by atoms with Gasteiger partial charge < -0.3 is 14.2 Å². The minimum absolute atomic E-state index is 0.0861. The van der Waals surface area contributed by atoms with E-state index < -0.39 is 6.10 Å². The first kappa shape index (κ1) is 68.8. The highest BCUT2D eigenvalue weighted by atomic mass is 16.6. The summed E-state index contributed by atoms with van der Waals surface area (Å²) in [5, 5.41) is 0. The van der Waals surface area contributed by atoms with Crippen LogP contribution in [0.25, 0.3) is 0 Å². The molecule has 0 rings (SSSR count). The van der Waals surface area contributed by atoms with Crippen LogP contribution in [0, 0.1) is 0 Å². The first-order chi connectivity index (χ1) is 36.0. The Balaban J connectivity index is 4.11. The second kappa shape index (κ2) is 60.4. The molecule has 0 radical (unpaired) electrons. The van der Waals surface area contributed by atoms with Crippen LogP contribution >= 0.6 is 0 Å². The van der Waals surface area contributed by atoms with Gasteiger partial charge in [-0.1, -0.05) is 258 Å². The van der Waals surface area contributed by atoms with Crippen LogP contribution in [-0.4, -0.2) is 37.2 Å². The quantitative estimate of drug-likeness (QED) is 0.0261. The molecule has 6 heteroatoms. The second-order valence-corrected chi connectivity index (χ2v) is 19.5. The predicted molar refractivity (Wildman–Crippen MR) is 316 cm³/mol. The third-order valence-corrected chi connectivity index (χ3v) is 12.5. The van der Waals surface area contributed by atoms with Crippen molar-refractivity contribution in [3.8, 4) is 0 Å². The van der Waals surface area contributed by atoms with E-state index in [4.69, 9.17) is 14.2 Å². The van der Waals surface area contributed by atoms with Crippen LogP contribution in [-0.2, 0) is 28.6 Å². The average Bonchev–Trinajstić information content (AvgIpc) is 3.39. The Morgan fingerprint density at radius 3 is 0.836 bits per heavy atom. The fourth-order valence-electron chi connectivity index (χ4n) is 8.03. The van der Waals surface area contributed by atoms with Gasteiger partial charge in [-0.25, -0.2) is 0 Å². The van der Waals surface area contributed by atoms with Crippen LogP contribution in [0.2, 0.25) is 0 Å². The molecule has 0 aliphatic carbocycles. The lowest BCUT2D eigenvalue weighted by molar-refractivity contribution is -0.167. The van der Waals surface area contributed by atoms with Gasteiger partial charge in [-0.05, 0) is 109 Å². The number of hydrogen-bond acceptors (Lipinski definition) is 6. The third kappa shape index (κ3) is 58.6. The van der Waals surface area contributed by atoms with Crippen LogP contribution in [0.3, 0.4) is 0 Å². The maximum absolute atomic E-state index is 12.8. The molecule has 0 amide bonds. The molecule has 0 aromatic carbocycles. The summed E-state index contributed by atoms with van der Waals surface area (Å²) in [5.74, 6) is -0.914. The molecule has 0 N–H and O–H groups in total. The van der Waals surface area contributed by atoms with Gasteiger partial charge in [-0.3, -0.25) is 14.4 Å². The molecule has 6 nitrogen and oxygen atoms in total. The van der Waals surface area contributed by atoms with Crippen molar-refractivity contribution in [3.63, 3.8) is 0 Å². The number of carbonyl (C=O) groups is 3. The summed E-state index contributed by atoms with van der Waals surface area (Å²) in [5.41, 5.74) is 0. The predicted octanol–water partition coefficient (Wildman–Crippen LogP) is 20.4. The van der Waals surface area contributed by atoms with Crippen molar-refractivity contribution in [3.05, 3.63) is 122 Å². The van der Waals surface area contributed by atoms with Crippen molar-refractivity contribution in [2.45, 2.75) is 271 Å². The summed E-state index contributed by atoms with van der Waals surface area (Å²) >= 11 is 0. The summed E-state index contributed by atoms with van der Waals surface area (Å²) in [7, 11) is 0. The number of esters is 3. The van der Waals surface area contributed by atoms with Crippen LogP contribution in [0.1, 0.15) is 265 Å². The lowest BCUT2D eigenvalue weighted by atomic mass is 10.0. The van der Waals surface area contributed by atoms with E-state index in [9.17, 15) is 14.4 Å². The summed E-state index contributed by atoms with van der Waals surface area (Å²) in [6, 6.07) is 0. The van der Waals surface area contributed by atoms with Gasteiger partial charge in [0.15, 0.2) is 6.10 Å². The van der Waals surface area contributed by atoms with Gasteiger partial charge in [0, 0.05) is 19.3 Å². The Kier molecular flexibility index (Phi) is 56.9. The largest absolute Gasteiger partial charge is 0.462 e. The zero-order chi connectivity index (χ0) is 52.9. The number of hydrogen-bond donors (Lipinski definition) is 0. The normalized spacial score (nSPS) is 13.0. The van der Waals surface area contributed by atoms with E-state index in [0.29, 0.717) is 19.3 Å². The van der Waals surface area contributed by atoms with Gasteiger partial charge in [0.05, 0.1) is 0 Å². The Hall–Kier alpha value is -4.19. The monoisotopic (exact) mass is 1010 g/mol. The fourth-order valence-corrected chi connectivity index (χ4v) is 8.03. The Morgan fingerprint density at radius 2 is 0.534 bits per heavy atom. The summed E-state index contributed by atoms with van der Waals surface area (Å²) in [4.78, 5) is 37.9. The summed E-state index contributed by atoms with van der Waals surface area (Å²) in [6.45, 7) is 6.35. The first-order valence-electron chi connectivity index (χ1n) is 30.0. The topological polar surface area (TPSA) is 78.9 Å². The molecule has 0 heterocycles. The molecule has 1 unspecified atom stereocenters. The van der Waals surface area contributed by atoms with Gasteiger partial charge >= 0.3 is 17.9 Å². The second-order valence-electron chi connectivity index (χ2n) is 19.5. The molecule has 0 aliphatic heterocycles. The van der Waals surface area contributed by atoms with Crippen molar-refractivity contribution in [2.24, 2.45) is 0 Å². The van der Waals surface area contributed by atoms with Crippen molar-refractivity contribution in [1.82, 2.24) is 0 Å². The molecular weight excluding hydrogens is 901 g/mol. The molecule has 0 bridgehead atoms. The maximum Gasteiger partial charge on any atom is 0.306 e. The molecule has 0 aromatic rings. The van der Waals surface area contributed by atoms with E-state index in [-0.39, 0.29) is 31.1 Å². The fraction of sp³-hybridized carbons (Fsp3) is 0.657. The molecule has 0 saturated carbocycles. The van der Waals surface area contributed by atoms with Crippen molar-refractivity contribution in [2.75, 3.05) is 13.2 Å². The molecule has 1 atom stereocenters. The summed E-state index contributed by atoms with van der Waals surface area (Å²) < 4.78 is 16.8. The highest BCUT2D eigenvalue weighted by Gasteiger charge is 2.19. The van der Waals surface area contributed by atoms with Crippen molar-refractivity contribution >= 4 is 17.9 Å². The molecule has 0 spiro atoms. The SMILES string of the molecule is CC/C=C\C/C=C\C/C=C\C/C=C\C/C=C\C/C=C\C/C=C\CCCCCCCCCCCCCC(=O)OCC(COC(=O)CCCCCCCCC)OC(=O)CCCCCCC/C=C\C/C=C\C/C=C\CC. The number of rotatable bonds is 53. The van der Waals surface area contributed by atoms with Crippen LogP contribution in [0.4, 0.5) is 0 Å². The van der Waals surface area contributed by atoms with Crippen molar-refractivity contribution in [1.29, 1.82) is 0 Å². The van der Waals surface area contributed by atoms with Gasteiger partial charge in [-0.15, -0.1) is 0 Å². The van der Waals surface area contributed by atoms with E-state index in [0.717, 1.165) is 141 Å². The number of carbonyl (C=O) groups excluding carboxylic acids is 3. The third-order valence-electron chi connectivity index (χ3n) is 12.5. The Morgan fingerprint density at radius 1 is 0.288 bits per heavy atom. The highest BCUT2D eigenvalue weighted by molar-refractivity contribution is 5.71. The molecule has 0 saturated heterocycles. The Labute approximate surface area is 450 Å². The average molecular weight is 1010 g/mol. The minimum Gasteiger partial charge on any atom is -0.462 e. The van der Waals surface area contributed by atoms with Gasteiger partial charge in [-0.2, -0.15) is 0 Å². The zero-order valence-electron chi connectivity index (χ0n) is 47.4. The van der Waals surface area contributed by atoms with E-state index in [2.05, 4.69) is 142 Å². The van der Waals surface area contributed by atoms with E-state index in [1.807, 2.05) is 0 Å². The summed E-state index contributed by atoms with van der Waals surface area (Å²) in [6.07, 6.45) is 83.7. The molecule has 414 valence electrons.